The van der Waals surface area contributed by atoms with Gasteiger partial charge < -0.3 is 10.2 Å². The molecule has 3 unspecified atom stereocenters. The zero-order valence-electron chi connectivity index (χ0n) is 13.9. The zero-order chi connectivity index (χ0) is 16.8. The lowest BCUT2D eigenvalue weighted by atomic mass is 9.83. The van der Waals surface area contributed by atoms with Crippen molar-refractivity contribution in [2.24, 2.45) is 5.92 Å². The summed E-state index contributed by atoms with van der Waals surface area (Å²) >= 11 is 0. The lowest BCUT2D eigenvalue weighted by Gasteiger charge is -2.35. The van der Waals surface area contributed by atoms with Crippen LogP contribution in [0, 0.1) is 5.92 Å². The predicted octanol–water partition coefficient (Wildman–Crippen LogP) is 1.76. The molecule has 0 aromatic carbocycles. The quantitative estimate of drug-likeness (QED) is 0.813. The Bertz CT molecular complexity index is 541. The van der Waals surface area contributed by atoms with E-state index >= 15 is 0 Å². The second kappa shape index (κ2) is 7.94. The van der Waals surface area contributed by atoms with Crippen molar-refractivity contribution >= 4 is 11.8 Å². The maximum absolute atomic E-state index is 12.9. The second-order valence-corrected chi connectivity index (χ2v) is 6.19. The molecule has 1 heterocycles. The van der Waals surface area contributed by atoms with Crippen LogP contribution in [0.5, 0.6) is 0 Å². The first-order valence-corrected chi connectivity index (χ1v) is 8.20. The van der Waals surface area contributed by atoms with Crippen molar-refractivity contribution in [3.8, 4) is 0 Å². The molecule has 2 rings (SSSR count). The Morgan fingerprint density at radius 3 is 2.87 bits per heavy atom. The van der Waals surface area contributed by atoms with Gasteiger partial charge in [-0.2, -0.15) is 5.10 Å². The number of carbonyl (C=O) groups excluding carboxylic acids is 2. The van der Waals surface area contributed by atoms with E-state index in [9.17, 15) is 9.59 Å². The number of likely N-dealkylation sites (N-methyl/N-ethyl adjacent to an activating group) is 1. The van der Waals surface area contributed by atoms with Crippen LogP contribution in [0.2, 0.25) is 0 Å². The Hall–Kier alpha value is -2.11. The van der Waals surface area contributed by atoms with Crippen LogP contribution in [0.1, 0.15) is 38.6 Å². The molecule has 6 heteroatoms. The normalized spacial score (nSPS) is 22.2. The third-order valence-electron chi connectivity index (χ3n) is 4.68. The van der Waals surface area contributed by atoms with Crippen LogP contribution >= 0.6 is 0 Å². The van der Waals surface area contributed by atoms with Crippen molar-refractivity contribution < 1.29 is 9.59 Å². The Kier molecular flexibility index (Phi) is 5.96. The number of nitrogens with one attached hydrogen (secondary N) is 1. The van der Waals surface area contributed by atoms with Crippen LogP contribution in [0.25, 0.3) is 0 Å². The largest absolute Gasteiger partial charge is 0.351 e. The van der Waals surface area contributed by atoms with Gasteiger partial charge in [0.2, 0.25) is 11.8 Å². The summed E-state index contributed by atoms with van der Waals surface area (Å²) in [5, 5.41) is 7.07. The molecule has 0 spiro atoms. The van der Waals surface area contributed by atoms with Gasteiger partial charge in [0.05, 0.1) is 12.0 Å². The minimum atomic E-state index is -0.218. The average Bonchev–Trinajstić information content (AvgIpc) is 3.12. The molecule has 0 saturated heterocycles. The molecule has 0 radical (unpaired) electrons. The molecule has 0 bridgehead atoms. The molecule has 0 aliphatic heterocycles. The van der Waals surface area contributed by atoms with Crippen LogP contribution in [0.3, 0.4) is 0 Å². The number of hydrogen-bond donors (Lipinski definition) is 1. The maximum atomic E-state index is 12.9. The highest BCUT2D eigenvalue weighted by molar-refractivity contribution is 5.87. The number of aromatic nitrogens is 2. The van der Waals surface area contributed by atoms with Crippen molar-refractivity contribution in [2.75, 3.05) is 13.6 Å². The first kappa shape index (κ1) is 17.2. The van der Waals surface area contributed by atoms with Gasteiger partial charge in [-0.3, -0.25) is 14.3 Å². The second-order valence-electron chi connectivity index (χ2n) is 6.19. The molecule has 126 valence electrons. The molecule has 1 aliphatic rings. The van der Waals surface area contributed by atoms with Crippen molar-refractivity contribution in [3.05, 3.63) is 31.1 Å². The highest BCUT2D eigenvalue weighted by Gasteiger charge is 2.35. The maximum Gasteiger partial charge on any atom is 0.243 e. The summed E-state index contributed by atoms with van der Waals surface area (Å²) < 4.78 is 1.92. The van der Waals surface area contributed by atoms with E-state index in [1.807, 2.05) is 30.9 Å². The molecular formula is C17H26N4O2. The van der Waals surface area contributed by atoms with E-state index in [1.165, 1.54) is 6.08 Å². The van der Waals surface area contributed by atoms with Gasteiger partial charge >= 0.3 is 0 Å². The van der Waals surface area contributed by atoms with Gasteiger partial charge in [0.25, 0.3) is 0 Å². The SMILES string of the molecule is C=CC(=O)NCC(C)N(C)C(=O)C1CCCCC1n1cccn1. The first-order valence-electron chi connectivity index (χ1n) is 8.20. The molecule has 6 nitrogen and oxygen atoms in total. The molecule has 1 aliphatic carbocycles. The van der Waals surface area contributed by atoms with Crippen LogP contribution < -0.4 is 5.32 Å². The average molecular weight is 318 g/mol. The first-order chi connectivity index (χ1) is 11.0. The van der Waals surface area contributed by atoms with Crippen LogP contribution in [0.15, 0.2) is 31.1 Å². The fourth-order valence-electron chi connectivity index (χ4n) is 3.13. The summed E-state index contributed by atoms with van der Waals surface area (Å²) in [6.45, 7) is 5.79. The molecule has 3 atom stereocenters. The van der Waals surface area contributed by atoms with E-state index in [1.54, 1.807) is 11.1 Å². The fourth-order valence-corrected chi connectivity index (χ4v) is 3.13. The number of nitrogens with zero attached hydrogens (tertiary/aromatic N) is 3. The number of hydrogen-bond acceptors (Lipinski definition) is 3. The zero-order valence-corrected chi connectivity index (χ0v) is 13.9. The summed E-state index contributed by atoms with van der Waals surface area (Å²) in [5.74, 6) is -0.137. The lowest BCUT2D eigenvalue weighted by molar-refractivity contribution is -0.139. The third kappa shape index (κ3) is 4.21. The Morgan fingerprint density at radius 1 is 1.48 bits per heavy atom. The van der Waals surface area contributed by atoms with Crippen LogP contribution in [-0.2, 0) is 9.59 Å². The van der Waals surface area contributed by atoms with E-state index in [4.69, 9.17) is 0 Å². The topological polar surface area (TPSA) is 67.2 Å². The molecule has 1 saturated carbocycles. The summed E-state index contributed by atoms with van der Waals surface area (Å²) in [6, 6.07) is 1.96. The van der Waals surface area contributed by atoms with Crippen LogP contribution in [0.4, 0.5) is 0 Å². The minimum absolute atomic E-state index is 0.0498. The number of carbonyl (C=O) groups is 2. The summed E-state index contributed by atoms with van der Waals surface area (Å²) in [5.41, 5.74) is 0. The monoisotopic (exact) mass is 318 g/mol. The van der Waals surface area contributed by atoms with Crippen molar-refractivity contribution in [2.45, 2.75) is 44.7 Å². The molecular weight excluding hydrogens is 292 g/mol. The van der Waals surface area contributed by atoms with Gasteiger partial charge in [-0.15, -0.1) is 0 Å². The third-order valence-corrected chi connectivity index (χ3v) is 4.68. The highest BCUT2D eigenvalue weighted by atomic mass is 16.2. The highest BCUT2D eigenvalue weighted by Crippen LogP contribution is 2.34. The summed E-state index contributed by atoms with van der Waals surface area (Å²) in [6.07, 6.45) is 9.00. The van der Waals surface area contributed by atoms with Gasteiger partial charge in [-0.05, 0) is 31.9 Å². The van der Waals surface area contributed by atoms with Crippen molar-refractivity contribution in [1.29, 1.82) is 0 Å². The van der Waals surface area contributed by atoms with Gasteiger partial charge in [-0.1, -0.05) is 19.4 Å². The Labute approximate surface area is 137 Å². The van der Waals surface area contributed by atoms with E-state index < -0.39 is 0 Å². The lowest BCUT2D eigenvalue weighted by Crippen LogP contribution is -2.47. The molecule has 1 aromatic rings. The molecule has 1 fully saturated rings. The number of amides is 2. The van der Waals surface area contributed by atoms with Gasteiger partial charge in [-0.25, -0.2) is 0 Å². The Balaban J connectivity index is 2.01. The van der Waals surface area contributed by atoms with E-state index in [2.05, 4.69) is 17.0 Å². The summed E-state index contributed by atoms with van der Waals surface area (Å²) in [4.78, 5) is 25.9. The predicted molar refractivity (Wildman–Crippen MR) is 88.7 cm³/mol. The van der Waals surface area contributed by atoms with Crippen molar-refractivity contribution in [3.63, 3.8) is 0 Å². The summed E-state index contributed by atoms with van der Waals surface area (Å²) in [7, 11) is 1.81. The fraction of sp³-hybridized carbons (Fsp3) is 0.588. The molecule has 1 N–H and O–H groups in total. The minimum Gasteiger partial charge on any atom is -0.351 e. The van der Waals surface area contributed by atoms with E-state index in [0.717, 1.165) is 25.7 Å². The van der Waals surface area contributed by atoms with Crippen LogP contribution in [-0.4, -0.2) is 46.1 Å². The van der Waals surface area contributed by atoms with Gasteiger partial charge in [0.1, 0.15) is 0 Å². The van der Waals surface area contributed by atoms with E-state index in [0.29, 0.717) is 6.54 Å². The van der Waals surface area contributed by atoms with Gasteiger partial charge in [0, 0.05) is 32.0 Å². The molecule has 1 aromatic heterocycles. The standard InChI is InChI=1S/C17H26N4O2/c1-4-16(22)18-12-13(2)20(3)17(23)14-8-5-6-9-15(14)21-11-7-10-19-21/h4,7,10-11,13-15H,1,5-6,8-9,12H2,2-3H3,(H,18,22). The number of rotatable bonds is 6. The molecule has 2 amide bonds. The van der Waals surface area contributed by atoms with Gasteiger partial charge in [0.15, 0.2) is 0 Å². The van der Waals surface area contributed by atoms with Crippen molar-refractivity contribution in [1.82, 2.24) is 20.0 Å². The smallest absolute Gasteiger partial charge is 0.243 e. The Morgan fingerprint density at radius 2 is 2.22 bits per heavy atom. The van der Waals surface area contributed by atoms with E-state index in [-0.39, 0.29) is 29.8 Å². The molecule has 23 heavy (non-hydrogen) atoms.